The molecule has 0 aliphatic heterocycles. The van der Waals surface area contributed by atoms with Crippen LogP contribution in [0, 0.1) is 11.3 Å². The number of rotatable bonds is 5. The molecule has 0 fully saturated rings. The maximum absolute atomic E-state index is 10.8. The minimum atomic E-state index is -0.903. The summed E-state index contributed by atoms with van der Waals surface area (Å²) in [6.07, 6.45) is 0.443. The Labute approximate surface area is 98.7 Å². The first-order valence-corrected chi connectivity index (χ1v) is 5.84. The Morgan fingerprint density at radius 3 is 2.75 bits per heavy atom. The van der Waals surface area contributed by atoms with Crippen LogP contribution in [0.4, 0.5) is 5.00 Å². The number of carboxylic acids is 1. The van der Waals surface area contributed by atoms with Gasteiger partial charge in [-0.05, 0) is 26.0 Å². The summed E-state index contributed by atoms with van der Waals surface area (Å²) in [6, 6.07) is 5.76. The van der Waals surface area contributed by atoms with Crippen LogP contribution in [-0.4, -0.2) is 23.7 Å². The molecule has 1 aromatic rings. The van der Waals surface area contributed by atoms with Crippen molar-refractivity contribution < 1.29 is 9.90 Å². The highest BCUT2D eigenvalue weighted by molar-refractivity contribution is 7.17. The van der Waals surface area contributed by atoms with E-state index in [4.69, 9.17) is 10.4 Å². The summed E-state index contributed by atoms with van der Waals surface area (Å²) in [5.41, 5.74) is 0. The van der Waals surface area contributed by atoms with Gasteiger partial charge in [0.1, 0.15) is 4.88 Å². The first-order chi connectivity index (χ1) is 7.56. The maximum Gasteiger partial charge on any atom is 0.345 e. The summed E-state index contributed by atoms with van der Waals surface area (Å²) in [4.78, 5) is 13.1. The normalized spacial score (nSPS) is 10.1. The maximum atomic E-state index is 10.8. The van der Waals surface area contributed by atoms with Crippen molar-refractivity contribution in [1.82, 2.24) is 0 Å². The zero-order chi connectivity index (χ0) is 12.1. The number of anilines is 1. The second-order valence-corrected chi connectivity index (χ2v) is 4.70. The highest BCUT2D eigenvalue weighted by Crippen LogP contribution is 2.27. The van der Waals surface area contributed by atoms with Crippen molar-refractivity contribution >= 4 is 22.3 Å². The van der Waals surface area contributed by atoms with E-state index in [0.717, 1.165) is 5.00 Å². The van der Waals surface area contributed by atoms with Crippen molar-refractivity contribution in [2.45, 2.75) is 26.3 Å². The second kappa shape index (κ2) is 5.52. The summed E-state index contributed by atoms with van der Waals surface area (Å²) >= 11 is 1.24. The van der Waals surface area contributed by atoms with E-state index in [-0.39, 0.29) is 6.04 Å². The van der Waals surface area contributed by atoms with Gasteiger partial charge in [-0.25, -0.2) is 4.79 Å². The molecular formula is C11H14N2O2S. The Morgan fingerprint density at radius 2 is 2.31 bits per heavy atom. The first-order valence-electron chi connectivity index (χ1n) is 5.03. The minimum Gasteiger partial charge on any atom is -0.477 e. The van der Waals surface area contributed by atoms with Crippen LogP contribution in [0.25, 0.3) is 0 Å². The van der Waals surface area contributed by atoms with Gasteiger partial charge >= 0.3 is 5.97 Å². The number of carbonyl (C=O) groups is 1. The molecule has 0 amide bonds. The number of aromatic carboxylic acids is 1. The van der Waals surface area contributed by atoms with Gasteiger partial charge in [0.05, 0.1) is 17.5 Å². The monoisotopic (exact) mass is 238 g/mol. The Kier molecular flexibility index (Phi) is 4.32. The van der Waals surface area contributed by atoms with E-state index in [1.807, 2.05) is 18.7 Å². The number of hydrogen-bond donors (Lipinski definition) is 1. The van der Waals surface area contributed by atoms with E-state index in [1.54, 1.807) is 12.1 Å². The Bertz CT molecular complexity index is 406. The summed E-state index contributed by atoms with van der Waals surface area (Å²) in [6.45, 7) is 4.68. The Morgan fingerprint density at radius 1 is 1.62 bits per heavy atom. The molecule has 0 saturated carbocycles. The molecule has 0 aliphatic rings. The zero-order valence-electron chi connectivity index (χ0n) is 9.30. The second-order valence-electron chi connectivity index (χ2n) is 3.64. The first kappa shape index (κ1) is 12.5. The van der Waals surface area contributed by atoms with Crippen LogP contribution < -0.4 is 4.90 Å². The molecule has 0 radical (unpaired) electrons. The quantitative estimate of drug-likeness (QED) is 0.856. The fourth-order valence-electron chi connectivity index (χ4n) is 1.39. The van der Waals surface area contributed by atoms with E-state index in [9.17, 15) is 4.79 Å². The van der Waals surface area contributed by atoms with Crippen molar-refractivity contribution in [3.63, 3.8) is 0 Å². The predicted molar refractivity (Wildman–Crippen MR) is 64.0 cm³/mol. The molecule has 0 aliphatic carbocycles. The predicted octanol–water partition coefficient (Wildman–Crippen LogP) is 2.57. The van der Waals surface area contributed by atoms with Crippen LogP contribution in [-0.2, 0) is 0 Å². The number of hydrogen-bond acceptors (Lipinski definition) is 4. The number of carboxylic acid groups (broad SMARTS) is 1. The third kappa shape index (κ3) is 2.97. The molecular weight excluding hydrogens is 224 g/mol. The van der Waals surface area contributed by atoms with Crippen molar-refractivity contribution in [2.24, 2.45) is 0 Å². The summed E-state index contributed by atoms with van der Waals surface area (Å²) in [5.74, 6) is -0.903. The molecule has 0 bridgehead atoms. The van der Waals surface area contributed by atoms with Crippen LogP contribution in [0.2, 0.25) is 0 Å². The van der Waals surface area contributed by atoms with Crippen LogP contribution >= 0.6 is 11.3 Å². The van der Waals surface area contributed by atoms with Gasteiger partial charge in [-0.1, -0.05) is 0 Å². The summed E-state index contributed by atoms with van der Waals surface area (Å²) < 4.78 is 0. The third-order valence-corrected chi connectivity index (χ3v) is 3.28. The van der Waals surface area contributed by atoms with E-state index < -0.39 is 5.97 Å². The van der Waals surface area contributed by atoms with E-state index >= 15 is 0 Å². The van der Waals surface area contributed by atoms with Gasteiger partial charge in [0.2, 0.25) is 0 Å². The van der Waals surface area contributed by atoms with Gasteiger partial charge in [-0.2, -0.15) is 5.26 Å². The smallest absolute Gasteiger partial charge is 0.345 e. The lowest BCUT2D eigenvalue weighted by molar-refractivity contribution is 0.0702. The van der Waals surface area contributed by atoms with Gasteiger partial charge in [0.15, 0.2) is 0 Å². The van der Waals surface area contributed by atoms with Crippen molar-refractivity contribution in [2.75, 3.05) is 11.4 Å². The van der Waals surface area contributed by atoms with Crippen LogP contribution in [0.3, 0.4) is 0 Å². The number of nitriles is 1. The third-order valence-electron chi connectivity index (χ3n) is 2.17. The van der Waals surface area contributed by atoms with Gasteiger partial charge in [0, 0.05) is 12.6 Å². The molecule has 1 N–H and O–H groups in total. The molecule has 1 rings (SSSR count). The highest BCUT2D eigenvalue weighted by atomic mass is 32.1. The largest absolute Gasteiger partial charge is 0.477 e. The fraction of sp³-hybridized carbons (Fsp3) is 0.455. The van der Waals surface area contributed by atoms with Crippen molar-refractivity contribution in [3.8, 4) is 6.07 Å². The molecule has 0 atom stereocenters. The molecule has 16 heavy (non-hydrogen) atoms. The van der Waals surface area contributed by atoms with Crippen LogP contribution in [0.15, 0.2) is 12.1 Å². The van der Waals surface area contributed by atoms with E-state index in [1.165, 1.54) is 11.3 Å². The molecule has 0 aromatic carbocycles. The molecule has 0 unspecified atom stereocenters. The van der Waals surface area contributed by atoms with E-state index in [2.05, 4.69) is 6.07 Å². The van der Waals surface area contributed by atoms with Crippen LogP contribution in [0.5, 0.6) is 0 Å². The molecule has 5 heteroatoms. The highest BCUT2D eigenvalue weighted by Gasteiger charge is 2.14. The average Bonchev–Trinajstić information content (AvgIpc) is 2.67. The van der Waals surface area contributed by atoms with Crippen LogP contribution in [0.1, 0.15) is 29.9 Å². The van der Waals surface area contributed by atoms with Gasteiger partial charge < -0.3 is 10.0 Å². The summed E-state index contributed by atoms with van der Waals surface area (Å²) in [5, 5.41) is 18.3. The number of nitrogens with zero attached hydrogens (tertiary/aromatic N) is 2. The van der Waals surface area contributed by atoms with Crippen molar-refractivity contribution in [3.05, 3.63) is 17.0 Å². The van der Waals surface area contributed by atoms with Crippen molar-refractivity contribution in [1.29, 1.82) is 5.26 Å². The molecule has 86 valence electrons. The topological polar surface area (TPSA) is 64.3 Å². The molecule has 0 saturated heterocycles. The van der Waals surface area contributed by atoms with Gasteiger partial charge in [-0.3, -0.25) is 0 Å². The van der Waals surface area contributed by atoms with Gasteiger partial charge in [-0.15, -0.1) is 11.3 Å². The lowest BCUT2D eigenvalue weighted by Gasteiger charge is -2.26. The minimum absolute atomic E-state index is 0.258. The average molecular weight is 238 g/mol. The van der Waals surface area contributed by atoms with E-state index in [0.29, 0.717) is 17.8 Å². The van der Waals surface area contributed by atoms with Gasteiger partial charge in [0.25, 0.3) is 0 Å². The molecule has 1 heterocycles. The molecule has 0 spiro atoms. The fourth-order valence-corrected chi connectivity index (χ4v) is 2.39. The molecule has 4 nitrogen and oxygen atoms in total. The Balaban J connectivity index is 2.85. The Hall–Kier alpha value is -1.54. The lowest BCUT2D eigenvalue weighted by Crippen LogP contribution is -2.30. The lowest BCUT2D eigenvalue weighted by atomic mass is 10.3. The molecule has 1 aromatic heterocycles. The number of thiophene rings is 1. The SMILES string of the molecule is CC(C)N(CCC#N)c1ccc(C(=O)O)s1. The summed E-state index contributed by atoms with van der Waals surface area (Å²) in [7, 11) is 0. The standard InChI is InChI=1S/C11H14N2O2S/c1-8(2)13(7-3-6-12)10-5-4-9(16-10)11(14)15/h4-5,8H,3,7H2,1-2H3,(H,14,15). The zero-order valence-corrected chi connectivity index (χ0v) is 10.1.